The van der Waals surface area contributed by atoms with Crippen LogP contribution in [0.5, 0.6) is 0 Å². The van der Waals surface area contributed by atoms with E-state index in [1.54, 1.807) is 0 Å². The predicted octanol–water partition coefficient (Wildman–Crippen LogP) is 3.44. The zero-order chi connectivity index (χ0) is 11.4. The molecule has 1 N–H and O–H groups in total. The van der Waals surface area contributed by atoms with Gasteiger partial charge < -0.3 is 5.11 Å². The molecule has 2 rings (SSSR count). The summed E-state index contributed by atoms with van der Waals surface area (Å²) in [7, 11) is 0. The van der Waals surface area contributed by atoms with Crippen LogP contribution in [0.15, 0.2) is 30.3 Å². The first kappa shape index (κ1) is 11.2. The van der Waals surface area contributed by atoms with Gasteiger partial charge in [0.05, 0.1) is 5.92 Å². The van der Waals surface area contributed by atoms with Gasteiger partial charge in [0.15, 0.2) is 0 Å². The third-order valence-corrected chi connectivity index (χ3v) is 3.56. The predicted molar refractivity (Wildman–Crippen MR) is 63.4 cm³/mol. The first-order chi connectivity index (χ1) is 7.79. The second-order valence-corrected chi connectivity index (χ2v) is 4.60. The van der Waals surface area contributed by atoms with Crippen molar-refractivity contribution < 1.29 is 9.90 Å². The Morgan fingerprint density at radius 2 is 1.75 bits per heavy atom. The number of rotatable bonds is 2. The molecule has 0 saturated heterocycles. The van der Waals surface area contributed by atoms with Gasteiger partial charge in [-0.2, -0.15) is 0 Å². The molecule has 1 aliphatic rings. The zero-order valence-corrected chi connectivity index (χ0v) is 9.43. The topological polar surface area (TPSA) is 37.3 Å². The van der Waals surface area contributed by atoms with E-state index in [4.69, 9.17) is 0 Å². The fourth-order valence-electron chi connectivity index (χ4n) is 2.70. The van der Waals surface area contributed by atoms with Crippen LogP contribution >= 0.6 is 0 Å². The first-order valence-electron chi connectivity index (χ1n) is 6.07. The molecule has 86 valence electrons. The summed E-state index contributed by atoms with van der Waals surface area (Å²) in [6.45, 7) is 0. The lowest BCUT2D eigenvalue weighted by Crippen LogP contribution is -2.21. The third kappa shape index (κ3) is 2.43. The molecule has 0 amide bonds. The summed E-state index contributed by atoms with van der Waals surface area (Å²) in [4.78, 5) is 11.3. The van der Waals surface area contributed by atoms with Gasteiger partial charge in [0.2, 0.25) is 0 Å². The fourth-order valence-corrected chi connectivity index (χ4v) is 2.70. The van der Waals surface area contributed by atoms with Crippen molar-refractivity contribution >= 4 is 5.97 Å². The maximum absolute atomic E-state index is 11.3. The van der Waals surface area contributed by atoms with Crippen molar-refractivity contribution in [3.63, 3.8) is 0 Å². The Balaban J connectivity index is 2.24. The van der Waals surface area contributed by atoms with Crippen molar-refractivity contribution in [2.24, 2.45) is 5.92 Å². The van der Waals surface area contributed by atoms with Gasteiger partial charge in [0.1, 0.15) is 0 Å². The monoisotopic (exact) mass is 218 g/mol. The molecule has 2 heteroatoms. The van der Waals surface area contributed by atoms with Crippen molar-refractivity contribution in [3.05, 3.63) is 35.9 Å². The third-order valence-electron chi connectivity index (χ3n) is 3.56. The van der Waals surface area contributed by atoms with Gasteiger partial charge in [-0.05, 0) is 24.3 Å². The van der Waals surface area contributed by atoms with Crippen LogP contribution in [0.1, 0.15) is 43.6 Å². The van der Waals surface area contributed by atoms with Crippen LogP contribution in [0.3, 0.4) is 0 Å². The zero-order valence-electron chi connectivity index (χ0n) is 9.43. The highest BCUT2D eigenvalue weighted by atomic mass is 16.4. The van der Waals surface area contributed by atoms with Gasteiger partial charge in [-0.1, -0.05) is 49.6 Å². The number of hydrogen-bond donors (Lipinski definition) is 1. The summed E-state index contributed by atoms with van der Waals surface area (Å²) in [6, 6.07) is 10.1. The van der Waals surface area contributed by atoms with Gasteiger partial charge in [0.25, 0.3) is 0 Å². The largest absolute Gasteiger partial charge is 0.481 e. The lowest BCUT2D eigenvalue weighted by Gasteiger charge is -2.21. The average molecular weight is 218 g/mol. The van der Waals surface area contributed by atoms with E-state index in [-0.39, 0.29) is 11.8 Å². The van der Waals surface area contributed by atoms with Gasteiger partial charge in [-0.3, -0.25) is 4.79 Å². The molecule has 1 aliphatic carbocycles. The molecule has 2 atom stereocenters. The number of carbonyl (C=O) groups is 1. The molecule has 1 aromatic rings. The van der Waals surface area contributed by atoms with Crippen LogP contribution in [0.4, 0.5) is 0 Å². The summed E-state index contributed by atoms with van der Waals surface area (Å²) >= 11 is 0. The van der Waals surface area contributed by atoms with Crippen molar-refractivity contribution in [2.75, 3.05) is 0 Å². The highest BCUT2D eigenvalue weighted by Crippen LogP contribution is 2.36. The van der Waals surface area contributed by atoms with Crippen LogP contribution in [-0.4, -0.2) is 11.1 Å². The summed E-state index contributed by atoms with van der Waals surface area (Å²) < 4.78 is 0. The maximum Gasteiger partial charge on any atom is 0.307 e. The second-order valence-electron chi connectivity index (χ2n) is 4.60. The maximum atomic E-state index is 11.3. The minimum absolute atomic E-state index is 0.190. The molecule has 2 nitrogen and oxygen atoms in total. The molecule has 0 unspecified atom stereocenters. The molecule has 0 bridgehead atoms. The van der Waals surface area contributed by atoms with Gasteiger partial charge in [0, 0.05) is 0 Å². The Labute approximate surface area is 96.3 Å². The number of hydrogen-bond acceptors (Lipinski definition) is 1. The minimum atomic E-state index is -0.629. The van der Waals surface area contributed by atoms with Crippen LogP contribution < -0.4 is 0 Å². The highest BCUT2D eigenvalue weighted by molar-refractivity contribution is 5.71. The molecular formula is C14H18O2. The van der Waals surface area contributed by atoms with Crippen LogP contribution in [0.2, 0.25) is 0 Å². The smallest absolute Gasteiger partial charge is 0.307 e. The second kappa shape index (κ2) is 5.15. The van der Waals surface area contributed by atoms with E-state index < -0.39 is 5.97 Å². The molecule has 0 aliphatic heterocycles. The molecule has 0 spiro atoms. The Morgan fingerprint density at radius 1 is 1.06 bits per heavy atom. The van der Waals surface area contributed by atoms with Gasteiger partial charge in [-0.25, -0.2) is 0 Å². The summed E-state index contributed by atoms with van der Waals surface area (Å²) in [5.41, 5.74) is 1.19. The van der Waals surface area contributed by atoms with E-state index >= 15 is 0 Å². The first-order valence-corrected chi connectivity index (χ1v) is 6.07. The van der Waals surface area contributed by atoms with E-state index in [1.807, 2.05) is 18.2 Å². The molecule has 1 saturated carbocycles. The molecule has 16 heavy (non-hydrogen) atoms. The standard InChI is InChI=1S/C14H18O2/c15-14(16)13-10-6-2-5-9-12(13)11-7-3-1-4-8-11/h1,3-4,7-8,12-13H,2,5-6,9-10H2,(H,15,16)/t12-,13+/m0/s1. The Kier molecular flexibility index (Phi) is 3.60. The van der Waals surface area contributed by atoms with E-state index in [2.05, 4.69) is 12.1 Å². The lowest BCUT2D eigenvalue weighted by atomic mass is 9.82. The van der Waals surface area contributed by atoms with E-state index in [0.717, 1.165) is 25.7 Å². The van der Waals surface area contributed by atoms with E-state index in [0.29, 0.717) is 0 Å². The number of aliphatic carboxylic acids is 1. The Morgan fingerprint density at radius 3 is 2.44 bits per heavy atom. The molecule has 0 heterocycles. The molecule has 0 radical (unpaired) electrons. The number of carboxylic acid groups (broad SMARTS) is 1. The minimum Gasteiger partial charge on any atom is -0.481 e. The van der Waals surface area contributed by atoms with E-state index in [9.17, 15) is 9.90 Å². The van der Waals surface area contributed by atoms with Gasteiger partial charge in [-0.15, -0.1) is 0 Å². The summed E-state index contributed by atoms with van der Waals surface area (Å²) in [5.74, 6) is -0.609. The number of carboxylic acids is 1. The molecular weight excluding hydrogens is 200 g/mol. The van der Waals surface area contributed by atoms with Crippen molar-refractivity contribution in [2.45, 2.75) is 38.0 Å². The highest BCUT2D eigenvalue weighted by Gasteiger charge is 2.30. The number of benzene rings is 1. The summed E-state index contributed by atoms with van der Waals surface area (Å²) in [5, 5.41) is 9.29. The van der Waals surface area contributed by atoms with Crippen molar-refractivity contribution in [3.8, 4) is 0 Å². The molecule has 1 fully saturated rings. The van der Waals surface area contributed by atoms with Crippen molar-refractivity contribution in [1.82, 2.24) is 0 Å². The Bertz CT molecular complexity index is 345. The molecule has 0 aromatic heterocycles. The fraction of sp³-hybridized carbons (Fsp3) is 0.500. The summed E-state index contributed by atoms with van der Waals surface area (Å²) in [6.07, 6.45) is 5.23. The van der Waals surface area contributed by atoms with Crippen LogP contribution in [0, 0.1) is 5.92 Å². The van der Waals surface area contributed by atoms with Crippen LogP contribution in [-0.2, 0) is 4.79 Å². The lowest BCUT2D eigenvalue weighted by molar-refractivity contribution is -0.142. The van der Waals surface area contributed by atoms with Gasteiger partial charge >= 0.3 is 5.97 Å². The van der Waals surface area contributed by atoms with E-state index in [1.165, 1.54) is 12.0 Å². The molecule has 1 aromatic carbocycles. The average Bonchev–Trinajstić information content (AvgIpc) is 2.55. The normalized spacial score (nSPS) is 26.0. The van der Waals surface area contributed by atoms with Crippen LogP contribution in [0.25, 0.3) is 0 Å². The van der Waals surface area contributed by atoms with Crippen molar-refractivity contribution in [1.29, 1.82) is 0 Å². The quantitative estimate of drug-likeness (QED) is 0.772. The Hall–Kier alpha value is -1.31. The SMILES string of the molecule is O=C(O)[C@@H]1CCCCC[C@H]1c1ccccc1.